The Morgan fingerprint density at radius 1 is 0.591 bits per heavy atom. The normalized spacial score (nSPS) is 30.5. The molecule has 0 amide bonds. The molecule has 2 rings (SSSR count). The lowest BCUT2D eigenvalue weighted by Crippen LogP contribution is -2.30. The van der Waals surface area contributed by atoms with Gasteiger partial charge in [-0.3, -0.25) is 0 Å². The lowest BCUT2D eigenvalue weighted by Gasteiger charge is -2.39. The van der Waals surface area contributed by atoms with E-state index >= 15 is 0 Å². The maximum Gasteiger partial charge on any atom is -0.0358 e. The van der Waals surface area contributed by atoms with Crippen LogP contribution in [0.4, 0.5) is 0 Å². The van der Waals surface area contributed by atoms with Crippen LogP contribution in [0.3, 0.4) is 0 Å². The molecule has 2 aliphatic rings. The summed E-state index contributed by atoms with van der Waals surface area (Å²) in [4.78, 5) is 0. The molecule has 0 aromatic heterocycles. The van der Waals surface area contributed by atoms with Crippen LogP contribution in [0.25, 0.3) is 0 Å². The Labute approximate surface area is 141 Å². The molecule has 0 aromatic carbocycles. The number of hydrogen-bond acceptors (Lipinski definition) is 0. The highest BCUT2D eigenvalue weighted by Gasteiger charge is 2.32. The van der Waals surface area contributed by atoms with Crippen LogP contribution in [0.15, 0.2) is 0 Å². The minimum Gasteiger partial charge on any atom is -0.0625 e. The predicted octanol–water partition coefficient (Wildman–Crippen LogP) is 7.57. The van der Waals surface area contributed by atoms with Crippen molar-refractivity contribution in [3.8, 4) is 0 Å². The zero-order valence-electron chi connectivity index (χ0n) is 16.7. The van der Waals surface area contributed by atoms with Crippen LogP contribution in [0.2, 0.25) is 0 Å². The number of rotatable bonds is 3. The second-order valence-electron chi connectivity index (χ2n) is 9.38. The quantitative estimate of drug-likeness (QED) is 0.504. The summed E-state index contributed by atoms with van der Waals surface area (Å²) >= 11 is 0. The molecule has 2 saturated carbocycles. The first kappa shape index (κ1) is 20.0. The highest BCUT2D eigenvalue weighted by molar-refractivity contribution is 4.82. The van der Waals surface area contributed by atoms with Crippen LogP contribution in [0, 0.1) is 41.4 Å². The van der Waals surface area contributed by atoms with E-state index in [1.54, 1.807) is 0 Å². The molecule has 0 saturated heterocycles. The first-order valence-corrected chi connectivity index (χ1v) is 10.3. The van der Waals surface area contributed by atoms with E-state index < -0.39 is 0 Å². The predicted molar refractivity (Wildman–Crippen MR) is 101 cm³/mol. The third-order valence-electron chi connectivity index (χ3n) is 6.52. The molecule has 0 heterocycles. The average molecular weight is 309 g/mol. The SMILES string of the molecule is CC(C)C1CCCCC1.CC1CCC(C(C)C)C(C(C)C)C1. The smallest absolute Gasteiger partial charge is 0.0358 e. The van der Waals surface area contributed by atoms with Crippen molar-refractivity contribution in [2.24, 2.45) is 41.4 Å². The standard InChI is InChI=1S/C13H26.C9H18/c1-9(2)12-7-6-11(5)8-13(12)10(3)4;1-8(2)9-6-4-3-5-7-9/h9-13H,6-8H2,1-5H3;8-9H,3-7H2,1-2H3. The van der Waals surface area contributed by atoms with E-state index in [0.29, 0.717) is 0 Å². The fourth-order valence-corrected chi connectivity index (χ4v) is 4.84. The van der Waals surface area contributed by atoms with Crippen molar-refractivity contribution in [1.29, 1.82) is 0 Å². The third-order valence-corrected chi connectivity index (χ3v) is 6.52. The first-order chi connectivity index (χ1) is 10.3. The molecule has 2 aliphatic carbocycles. The summed E-state index contributed by atoms with van der Waals surface area (Å²) in [6.07, 6.45) is 11.9. The zero-order valence-corrected chi connectivity index (χ0v) is 16.7. The molecular weight excluding hydrogens is 264 g/mol. The first-order valence-electron chi connectivity index (χ1n) is 10.3. The van der Waals surface area contributed by atoms with Gasteiger partial charge in [0.15, 0.2) is 0 Å². The second-order valence-corrected chi connectivity index (χ2v) is 9.38. The molecule has 0 aliphatic heterocycles. The zero-order chi connectivity index (χ0) is 16.7. The van der Waals surface area contributed by atoms with Crippen LogP contribution in [0.1, 0.15) is 99.8 Å². The van der Waals surface area contributed by atoms with Gasteiger partial charge in [-0.05, 0) is 54.3 Å². The Kier molecular flexibility index (Phi) is 9.10. The largest absolute Gasteiger partial charge is 0.0625 e. The van der Waals surface area contributed by atoms with Crippen LogP contribution in [-0.2, 0) is 0 Å². The van der Waals surface area contributed by atoms with Crippen LogP contribution >= 0.6 is 0 Å². The summed E-state index contributed by atoms with van der Waals surface area (Å²) < 4.78 is 0. The van der Waals surface area contributed by atoms with E-state index in [1.165, 1.54) is 51.4 Å². The summed E-state index contributed by atoms with van der Waals surface area (Å²) in [5, 5.41) is 0. The lowest BCUT2D eigenvalue weighted by atomic mass is 9.66. The maximum atomic E-state index is 2.42. The van der Waals surface area contributed by atoms with Gasteiger partial charge in [0.05, 0.1) is 0 Å². The van der Waals surface area contributed by atoms with E-state index in [1.807, 2.05) is 0 Å². The molecule has 0 radical (unpaired) electrons. The van der Waals surface area contributed by atoms with Gasteiger partial charge in [0, 0.05) is 0 Å². The molecule has 0 spiro atoms. The van der Waals surface area contributed by atoms with Gasteiger partial charge in [0.2, 0.25) is 0 Å². The summed E-state index contributed by atoms with van der Waals surface area (Å²) in [5.74, 6) is 6.72. The highest BCUT2D eigenvalue weighted by Crippen LogP contribution is 2.41. The Bertz CT molecular complexity index is 270. The fraction of sp³-hybridized carbons (Fsp3) is 1.00. The van der Waals surface area contributed by atoms with E-state index in [0.717, 1.165) is 41.4 Å². The molecular formula is C22H44. The summed E-state index contributed by atoms with van der Waals surface area (Å²) in [6, 6.07) is 0. The van der Waals surface area contributed by atoms with Crippen molar-refractivity contribution in [2.75, 3.05) is 0 Å². The van der Waals surface area contributed by atoms with E-state index in [-0.39, 0.29) is 0 Å². The summed E-state index contributed by atoms with van der Waals surface area (Å²) in [5.41, 5.74) is 0. The Morgan fingerprint density at radius 3 is 1.55 bits per heavy atom. The van der Waals surface area contributed by atoms with Gasteiger partial charge < -0.3 is 0 Å². The average Bonchev–Trinajstić information content (AvgIpc) is 2.48. The van der Waals surface area contributed by atoms with Crippen molar-refractivity contribution >= 4 is 0 Å². The Balaban J connectivity index is 0.000000235. The Morgan fingerprint density at radius 2 is 1.14 bits per heavy atom. The van der Waals surface area contributed by atoms with Crippen molar-refractivity contribution in [2.45, 2.75) is 99.8 Å². The minimum absolute atomic E-state index is 0.884. The van der Waals surface area contributed by atoms with Gasteiger partial charge in [-0.2, -0.15) is 0 Å². The van der Waals surface area contributed by atoms with Crippen molar-refractivity contribution in [1.82, 2.24) is 0 Å². The van der Waals surface area contributed by atoms with E-state index in [9.17, 15) is 0 Å². The summed E-state index contributed by atoms with van der Waals surface area (Å²) in [6.45, 7) is 16.7. The van der Waals surface area contributed by atoms with E-state index in [4.69, 9.17) is 0 Å². The maximum absolute atomic E-state index is 2.42. The van der Waals surface area contributed by atoms with Gasteiger partial charge in [-0.1, -0.05) is 87.0 Å². The van der Waals surface area contributed by atoms with Crippen molar-refractivity contribution < 1.29 is 0 Å². The van der Waals surface area contributed by atoms with Gasteiger partial charge in [0.1, 0.15) is 0 Å². The lowest BCUT2D eigenvalue weighted by molar-refractivity contribution is 0.106. The van der Waals surface area contributed by atoms with E-state index in [2.05, 4.69) is 48.5 Å². The molecule has 132 valence electrons. The minimum atomic E-state index is 0.884. The molecule has 0 aromatic rings. The van der Waals surface area contributed by atoms with Gasteiger partial charge >= 0.3 is 0 Å². The molecule has 0 bridgehead atoms. The van der Waals surface area contributed by atoms with Crippen LogP contribution < -0.4 is 0 Å². The molecule has 0 heteroatoms. The van der Waals surface area contributed by atoms with Crippen molar-refractivity contribution in [3.63, 3.8) is 0 Å². The monoisotopic (exact) mass is 308 g/mol. The third kappa shape index (κ3) is 6.63. The second kappa shape index (κ2) is 9.99. The molecule has 0 nitrogen and oxygen atoms in total. The Hall–Kier alpha value is 0. The molecule has 3 unspecified atom stereocenters. The van der Waals surface area contributed by atoms with Crippen LogP contribution in [0.5, 0.6) is 0 Å². The van der Waals surface area contributed by atoms with Gasteiger partial charge in [0.25, 0.3) is 0 Å². The van der Waals surface area contributed by atoms with Gasteiger partial charge in [-0.25, -0.2) is 0 Å². The molecule has 2 fully saturated rings. The number of hydrogen-bond donors (Lipinski definition) is 0. The fourth-order valence-electron chi connectivity index (χ4n) is 4.84. The molecule has 22 heavy (non-hydrogen) atoms. The highest BCUT2D eigenvalue weighted by atomic mass is 14.4. The van der Waals surface area contributed by atoms with Crippen LogP contribution in [-0.4, -0.2) is 0 Å². The molecule has 3 atom stereocenters. The molecule has 0 N–H and O–H groups in total. The summed E-state index contributed by atoms with van der Waals surface area (Å²) in [7, 11) is 0. The van der Waals surface area contributed by atoms with Gasteiger partial charge in [-0.15, -0.1) is 0 Å². The van der Waals surface area contributed by atoms with Crippen molar-refractivity contribution in [3.05, 3.63) is 0 Å². The topological polar surface area (TPSA) is 0 Å².